The van der Waals surface area contributed by atoms with E-state index in [0.717, 1.165) is 11.3 Å². The third kappa shape index (κ3) is 5.41. The molecule has 0 saturated heterocycles. The zero-order valence-corrected chi connectivity index (χ0v) is 18.7. The summed E-state index contributed by atoms with van der Waals surface area (Å²) < 4.78 is 6.73. The fraction of sp³-hybridized carbons (Fsp3) is 0.318. The van der Waals surface area contributed by atoms with E-state index < -0.39 is 5.25 Å². The number of carbonyl (C=O) groups is 1. The Labute approximate surface area is 184 Å². The molecule has 0 aliphatic heterocycles. The largest absolute Gasteiger partial charge is 0.385 e. The minimum Gasteiger partial charge on any atom is -0.385 e. The Morgan fingerprint density at radius 2 is 2.10 bits per heavy atom. The fourth-order valence-electron chi connectivity index (χ4n) is 3.01. The van der Waals surface area contributed by atoms with Gasteiger partial charge in [0.15, 0.2) is 5.16 Å². The number of hydrogen-bond acceptors (Lipinski definition) is 5. The minimum absolute atomic E-state index is 0.151. The standard InChI is InChI=1S/C22H24ClN3O3S/c1-14-6-4-7-17(12-14)24-20(27)15(2)30-22-25-19-13-16(23)8-9-18(19)21(28)26(22)10-5-11-29-3/h4,6-9,12-13,15H,5,10-11H2,1-3H3,(H,24,27). The van der Waals surface area contributed by atoms with Crippen molar-refractivity contribution in [1.82, 2.24) is 9.55 Å². The van der Waals surface area contributed by atoms with Gasteiger partial charge in [-0.3, -0.25) is 14.2 Å². The quantitative estimate of drug-likeness (QED) is 0.313. The van der Waals surface area contributed by atoms with Crippen LogP contribution in [0.1, 0.15) is 18.9 Å². The number of benzene rings is 2. The lowest BCUT2D eigenvalue weighted by Gasteiger charge is -2.16. The van der Waals surface area contributed by atoms with Gasteiger partial charge in [-0.1, -0.05) is 35.5 Å². The Kier molecular flexibility index (Phi) is 7.53. The molecule has 30 heavy (non-hydrogen) atoms. The first kappa shape index (κ1) is 22.3. The van der Waals surface area contributed by atoms with Crippen molar-refractivity contribution in [3.8, 4) is 0 Å². The summed E-state index contributed by atoms with van der Waals surface area (Å²) in [4.78, 5) is 30.4. The van der Waals surface area contributed by atoms with E-state index in [1.165, 1.54) is 11.8 Å². The summed E-state index contributed by atoms with van der Waals surface area (Å²) in [5.41, 5.74) is 2.17. The molecule has 3 aromatic rings. The normalized spacial score (nSPS) is 12.1. The fourth-order valence-corrected chi connectivity index (χ4v) is 4.11. The maximum absolute atomic E-state index is 13.1. The smallest absolute Gasteiger partial charge is 0.262 e. The number of amides is 1. The van der Waals surface area contributed by atoms with Gasteiger partial charge in [0.05, 0.1) is 16.2 Å². The number of nitrogens with zero attached hydrogens (tertiary/aromatic N) is 2. The molecule has 1 unspecified atom stereocenters. The Balaban J connectivity index is 1.89. The Morgan fingerprint density at radius 3 is 2.83 bits per heavy atom. The van der Waals surface area contributed by atoms with Crippen molar-refractivity contribution in [3.63, 3.8) is 0 Å². The lowest BCUT2D eigenvalue weighted by molar-refractivity contribution is -0.115. The van der Waals surface area contributed by atoms with Crippen LogP contribution in [0.3, 0.4) is 0 Å². The van der Waals surface area contributed by atoms with Gasteiger partial charge in [-0.25, -0.2) is 4.98 Å². The number of aromatic nitrogens is 2. The van der Waals surface area contributed by atoms with Crippen molar-refractivity contribution >= 4 is 45.9 Å². The van der Waals surface area contributed by atoms with Crippen molar-refractivity contribution in [2.75, 3.05) is 19.0 Å². The van der Waals surface area contributed by atoms with Crippen LogP contribution in [0.4, 0.5) is 5.69 Å². The van der Waals surface area contributed by atoms with Crippen LogP contribution in [-0.4, -0.2) is 34.4 Å². The molecule has 1 aromatic heterocycles. The molecule has 0 fully saturated rings. The monoisotopic (exact) mass is 445 g/mol. The van der Waals surface area contributed by atoms with Gasteiger partial charge in [-0.2, -0.15) is 0 Å². The van der Waals surface area contributed by atoms with E-state index in [9.17, 15) is 9.59 Å². The van der Waals surface area contributed by atoms with E-state index in [1.54, 1.807) is 36.8 Å². The van der Waals surface area contributed by atoms with E-state index in [-0.39, 0.29) is 11.5 Å². The van der Waals surface area contributed by atoms with Crippen LogP contribution in [0, 0.1) is 6.92 Å². The molecular formula is C22H24ClN3O3S. The lowest BCUT2D eigenvalue weighted by atomic mass is 10.2. The number of fused-ring (bicyclic) bond motifs is 1. The second-order valence-electron chi connectivity index (χ2n) is 6.98. The zero-order valence-electron chi connectivity index (χ0n) is 17.1. The maximum atomic E-state index is 13.1. The highest BCUT2D eigenvalue weighted by Crippen LogP contribution is 2.25. The number of hydrogen-bond donors (Lipinski definition) is 1. The molecular weight excluding hydrogens is 422 g/mol. The third-order valence-electron chi connectivity index (χ3n) is 4.55. The Morgan fingerprint density at radius 1 is 1.30 bits per heavy atom. The number of methoxy groups -OCH3 is 1. The predicted octanol–water partition coefficient (Wildman–Crippen LogP) is 4.51. The van der Waals surface area contributed by atoms with Crippen molar-refractivity contribution < 1.29 is 9.53 Å². The average molecular weight is 446 g/mol. The lowest BCUT2D eigenvalue weighted by Crippen LogP contribution is -2.27. The number of carbonyl (C=O) groups excluding carboxylic acids is 1. The SMILES string of the molecule is COCCCn1c(SC(C)C(=O)Nc2cccc(C)c2)nc2cc(Cl)ccc2c1=O. The number of halogens is 1. The molecule has 2 aromatic carbocycles. The molecule has 1 N–H and O–H groups in total. The number of rotatable bonds is 8. The summed E-state index contributed by atoms with van der Waals surface area (Å²) in [7, 11) is 1.62. The van der Waals surface area contributed by atoms with Gasteiger partial charge >= 0.3 is 0 Å². The van der Waals surface area contributed by atoms with E-state index in [2.05, 4.69) is 10.3 Å². The highest BCUT2D eigenvalue weighted by Gasteiger charge is 2.20. The van der Waals surface area contributed by atoms with E-state index in [0.29, 0.717) is 40.7 Å². The number of aryl methyl sites for hydroxylation is 1. The third-order valence-corrected chi connectivity index (χ3v) is 5.87. The molecule has 158 valence electrons. The number of ether oxygens (including phenoxy) is 1. The summed E-state index contributed by atoms with van der Waals surface area (Å²) in [6.07, 6.45) is 0.661. The first-order chi connectivity index (χ1) is 14.4. The van der Waals surface area contributed by atoms with Gasteiger partial charge in [-0.05, 0) is 56.2 Å². The summed E-state index contributed by atoms with van der Waals surface area (Å²) in [6.45, 7) is 4.74. The van der Waals surface area contributed by atoms with Crippen LogP contribution in [0.25, 0.3) is 10.9 Å². The zero-order chi connectivity index (χ0) is 21.7. The molecule has 0 spiro atoms. The predicted molar refractivity (Wildman–Crippen MR) is 123 cm³/mol. The van der Waals surface area contributed by atoms with Crippen LogP contribution in [0.5, 0.6) is 0 Å². The molecule has 0 bridgehead atoms. The minimum atomic E-state index is -0.456. The van der Waals surface area contributed by atoms with Crippen LogP contribution in [0.15, 0.2) is 52.4 Å². The molecule has 0 aliphatic carbocycles. The van der Waals surface area contributed by atoms with Crippen molar-refractivity contribution in [2.45, 2.75) is 37.2 Å². The van der Waals surface area contributed by atoms with Crippen molar-refractivity contribution in [2.24, 2.45) is 0 Å². The number of nitrogens with one attached hydrogen (secondary N) is 1. The Hall–Kier alpha value is -2.35. The number of thioether (sulfide) groups is 1. The molecule has 0 radical (unpaired) electrons. The van der Waals surface area contributed by atoms with Crippen LogP contribution < -0.4 is 10.9 Å². The molecule has 1 amide bonds. The summed E-state index contributed by atoms with van der Waals surface area (Å²) in [6, 6.07) is 12.6. The van der Waals surface area contributed by atoms with E-state index in [4.69, 9.17) is 16.3 Å². The molecule has 0 aliphatic rings. The second kappa shape index (κ2) is 10.1. The van der Waals surface area contributed by atoms with Gasteiger partial charge in [0.2, 0.25) is 5.91 Å². The van der Waals surface area contributed by atoms with Crippen LogP contribution >= 0.6 is 23.4 Å². The van der Waals surface area contributed by atoms with Crippen molar-refractivity contribution in [1.29, 1.82) is 0 Å². The first-order valence-electron chi connectivity index (χ1n) is 9.62. The first-order valence-corrected chi connectivity index (χ1v) is 10.9. The maximum Gasteiger partial charge on any atom is 0.262 e. The van der Waals surface area contributed by atoms with Gasteiger partial charge in [0.1, 0.15) is 0 Å². The highest BCUT2D eigenvalue weighted by molar-refractivity contribution is 8.00. The summed E-state index contributed by atoms with van der Waals surface area (Å²) >= 11 is 7.34. The second-order valence-corrected chi connectivity index (χ2v) is 8.72. The van der Waals surface area contributed by atoms with E-state index >= 15 is 0 Å². The molecule has 3 rings (SSSR count). The molecule has 0 saturated carbocycles. The summed E-state index contributed by atoms with van der Waals surface area (Å²) in [5, 5.41) is 3.95. The van der Waals surface area contributed by atoms with E-state index in [1.807, 2.05) is 31.2 Å². The average Bonchev–Trinajstić information content (AvgIpc) is 2.70. The molecule has 1 atom stereocenters. The summed E-state index contributed by atoms with van der Waals surface area (Å²) in [5.74, 6) is -0.158. The van der Waals surface area contributed by atoms with Gasteiger partial charge in [0, 0.05) is 31.0 Å². The van der Waals surface area contributed by atoms with Crippen molar-refractivity contribution in [3.05, 3.63) is 63.4 Å². The van der Waals surface area contributed by atoms with Gasteiger partial charge in [0.25, 0.3) is 5.56 Å². The van der Waals surface area contributed by atoms with Gasteiger partial charge < -0.3 is 10.1 Å². The topological polar surface area (TPSA) is 73.2 Å². The van der Waals surface area contributed by atoms with Gasteiger partial charge in [-0.15, -0.1) is 0 Å². The molecule has 1 heterocycles. The Bertz CT molecular complexity index is 1120. The van der Waals surface area contributed by atoms with Crippen LogP contribution in [-0.2, 0) is 16.1 Å². The van der Waals surface area contributed by atoms with Crippen LogP contribution in [0.2, 0.25) is 5.02 Å². The highest BCUT2D eigenvalue weighted by atomic mass is 35.5. The molecule has 6 nitrogen and oxygen atoms in total. The molecule has 8 heteroatoms. The number of anilines is 1.